The minimum absolute atomic E-state index is 0.0802. The van der Waals surface area contributed by atoms with Gasteiger partial charge in [0.25, 0.3) is 5.91 Å². The SMILES string of the molecule is Cc1cc(C(F)Cc2ccc(C(F)(F)F)cc2)nn1Cc1cccc(C(=O)N2CCC(O)CC2)c1. The van der Waals surface area contributed by atoms with Crippen LogP contribution < -0.4 is 0 Å². The highest BCUT2D eigenvalue weighted by Crippen LogP contribution is 2.30. The molecule has 0 bridgehead atoms. The molecule has 0 saturated carbocycles. The van der Waals surface area contributed by atoms with E-state index >= 15 is 0 Å². The van der Waals surface area contributed by atoms with Gasteiger partial charge < -0.3 is 10.0 Å². The summed E-state index contributed by atoms with van der Waals surface area (Å²) >= 11 is 0. The standard InChI is InChI=1S/C26H27F4N3O2/c1-17-13-24(23(27)15-18-5-7-21(8-6-18)26(28,29)30)31-33(17)16-19-3-2-4-20(14-19)25(35)32-11-9-22(34)10-12-32/h2-8,13-14,22-23,34H,9-12,15-16H2,1H3. The van der Waals surface area contributed by atoms with Crippen LogP contribution in [0.4, 0.5) is 17.6 Å². The molecule has 9 heteroatoms. The molecule has 1 atom stereocenters. The van der Waals surface area contributed by atoms with Crippen LogP contribution in [-0.4, -0.2) is 44.9 Å². The smallest absolute Gasteiger partial charge is 0.393 e. The minimum Gasteiger partial charge on any atom is -0.393 e. The van der Waals surface area contributed by atoms with Crippen molar-refractivity contribution < 1.29 is 27.5 Å². The predicted octanol–water partition coefficient (Wildman–Crippen LogP) is 5.11. The fraction of sp³-hybridized carbons (Fsp3) is 0.385. The van der Waals surface area contributed by atoms with Crippen LogP contribution in [0.3, 0.4) is 0 Å². The second kappa shape index (κ2) is 10.2. The first-order valence-corrected chi connectivity index (χ1v) is 11.5. The lowest BCUT2D eigenvalue weighted by Gasteiger charge is -2.29. The summed E-state index contributed by atoms with van der Waals surface area (Å²) in [5.74, 6) is -0.0861. The van der Waals surface area contributed by atoms with Crippen LogP contribution in [0.25, 0.3) is 0 Å². The molecule has 186 valence electrons. The second-order valence-corrected chi connectivity index (χ2v) is 8.96. The Kier molecular flexibility index (Phi) is 7.25. The van der Waals surface area contributed by atoms with E-state index in [1.54, 1.807) is 40.8 Å². The second-order valence-electron chi connectivity index (χ2n) is 8.96. The number of aromatic nitrogens is 2. The maximum Gasteiger partial charge on any atom is 0.416 e. The Hall–Kier alpha value is -3.20. The average Bonchev–Trinajstić information content (AvgIpc) is 3.19. The van der Waals surface area contributed by atoms with E-state index in [1.165, 1.54) is 12.1 Å². The summed E-state index contributed by atoms with van der Waals surface area (Å²) in [4.78, 5) is 14.6. The molecule has 0 radical (unpaired) electrons. The van der Waals surface area contributed by atoms with E-state index in [0.29, 0.717) is 43.6 Å². The molecular weight excluding hydrogens is 462 g/mol. The van der Waals surface area contributed by atoms with Crippen LogP contribution in [-0.2, 0) is 19.1 Å². The maximum absolute atomic E-state index is 14.9. The van der Waals surface area contributed by atoms with Gasteiger partial charge in [0.1, 0.15) is 6.17 Å². The van der Waals surface area contributed by atoms with Crippen molar-refractivity contribution in [2.24, 2.45) is 0 Å². The zero-order chi connectivity index (χ0) is 25.2. The molecule has 1 unspecified atom stereocenters. The lowest BCUT2D eigenvalue weighted by molar-refractivity contribution is -0.137. The molecule has 0 spiro atoms. The van der Waals surface area contributed by atoms with Gasteiger partial charge in [-0.3, -0.25) is 9.48 Å². The van der Waals surface area contributed by atoms with Crippen LogP contribution in [0.5, 0.6) is 0 Å². The molecule has 1 fully saturated rings. The summed E-state index contributed by atoms with van der Waals surface area (Å²) < 4.78 is 54.8. The number of amides is 1. The van der Waals surface area contributed by atoms with Crippen molar-refractivity contribution in [3.63, 3.8) is 0 Å². The zero-order valence-corrected chi connectivity index (χ0v) is 19.3. The first-order valence-electron chi connectivity index (χ1n) is 11.5. The number of carbonyl (C=O) groups excluding carboxylic acids is 1. The van der Waals surface area contributed by atoms with Crippen molar-refractivity contribution in [1.82, 2.24) is 14.7 Å². The average molecular weight is 490 g/mol. The molecule has 1 aromatic heterocycles. The number of hydrogen-bond acceptors (Lipinski definition) is 3. The van der Waals surface area contributed by atoms with Gasteiger partial charge in [-0.15, -0.1) is 0 Å². The highest BCUT2D eigenvalue weighted by atomic mass is 19.4. The molecule has 3 aromatic rings. The Morgan fingerprint density at radius 2 is 1.77 bits per heavy atom. The molecule has 2 aromatic carbocycles. The Morgan fingerprint density at radius 3 is 2.43 bits per heavy atom. The number of piperidine rings is 1. The van der Waals surface area contributed by atoms with E-state index in [2.05, 4.69) is 5.10 Å². The number of aryl methyl sites for hydroxylation is 1. The van der Waals surface area contributed by atoms with Gasteiger partial charge in [0.15, 0.2) is 0 Å². The summed E-state index contributed by atoms with van der Waals surface area (Å²) in [6.07, 6.45) is -5.20. The van der Waals surface area contributed by atoms with E-state index in [0.717, 1.165) is 23.4 Å². The van der Waals surface area contributed by atoms with Gasteiger partial charge in [0, 0.05) is 30.8 Å². The van der Waals surface area contributed by atoms with Gasteiger partial charge in [0.2, 0.25) is 0 Å². The zero-order valence-electron chi connectivity index (χ0n) is 19.3. The normalized spacial score (nSPS) is 15.9. The third-order valence-electron chi connectivity index (χ3n) is 6.28. The van der Waals surface area contributed by atoms with Gasteiger partial charge in [0.05, 0.1) is 23.9 Å². The van der Waals surface area contributed by atoms with Gasteiger partial charge in [-0.05, 0) is 61.2 Å². The Morgan fingerprint density at radius 1 is 1.09 bits per heavy atom. The van der Waals surface area contributed by atoms with Crippen molar-refractivity contribution in [3.05, 3.63) is 88.2 Å². The summed E-state index contributed by atoms with van der Waals surface area (Å²) in [5.41, 5.74) is 2.02. The highest BCUT2D eigenvalue weighted by Gasteiger charge is 2.30. The lowest BCUT2D eigenvalue weighted by Crippen LogP contribution is -2.40. The van der Waals surface area contributed by atoms with Crippen LogP contribution in [0.1, 0.15) is 57.4 Å². The molecule has 2 heterocycles. The largest absolute Gasteiger partial charge is 0.416 e. The summed E-state index contributed by atoms with van der Waals surface area (Å²) in [6.45, 7) is 3.18. The summed E-state index contributed by atoms with van der Waals surface area (Å²) in [6, 6.07) is 13.3. The quantitative estimate of drug-likeness (QED) is 0.490. The van der Waals surface area contributed by atoms with Crippen LogP contribution >= 0.6 is 0 Å². The topological polar surface area (TPSA) is 58.4 Å². The molecule has 1 aliphatic rings. The van der Waals surface area contributed by atoms with Crippen molar-refractivity contribution in [2.75, 3.05) is 13.1 Å². The van der Waals surface area contributed by atoms with E-state index in [4.69, 9.17) is 0 Å². The molecule has 1 N–H and O–H groups in total. The molecule has 1 aliphatic heterocycles. The molecule has 1 amide bonds. The number of hydrogen-bond donors (Lipinski definition) is 1. The van der Waals surface area contributed by atoms with Crippen LogP contribution in [0.15, 0.2) is 54.6 Å². The fourth-order valence-corrected chi connectivity index (χ4v) is 4.22. The molecule has 0 aliphatic carbocycles. The highest BCUT2D eigenvalue weighted by molar-refractivity contribution is 5.94. The number of likely N-dealkylation sites (tertiary alicyclic amines) is 1. The predicted molar refractivity (Wildman–Crippen MR) is 123 cm³/mol. The molecule has 5 nitrogen and oxygen atoms in total. The minimum atomic E-state index is -4.43. The van der Waals surface area contributed by atoms with Crippen molar-refractivity contribution in [2.45, 2.75) is 51.2 Å². The van der Waals surface area contributed by atoms with E-state index in [1.807, 2.05) is 6.07 Å². The number of aliphatic hydroxyl groups excluding tert-OH is 1. The molecule has 4 rings (SSSR count). The van der Waals surface area contributed by atoms with Gasteiger partial charge in [-0.25, -0.2) is 4.39 Å². The van der Waals surface area contributed by atoms with Crippen molar-refractivity contribution >= 4 is 5.91 Å². The van der Waals surface area contributed by atoms with Crippen molar-refractivity contribution in [1.29, 1.82) is 0 Å². The number of alkyl halides is 4. The fourth-order valence-electron chi connectivity index (χ4n) is 4.22. The Balaban J connectivity index is 1.42. The third kappa shape index (κ3) is 6.08. The lowest BCUT2D eigenvalue weighted by atomic mass is 10.0. The number of carbonyl (C=O) groups is 1. The molecule has 1 saturated heterocycles. The van der Waals surface area contributed by atoms with Crippen LogP contribution in [0.2, 0.25) is 0 Å². The van der Waals surface area contributed by atoms with Gasteiger partial charge >= 0.3 is 6.18 Å². The first kappa shape index (κ1) is 24.9. The van der Waals surface area contributed by atoms with E-state index < -0.39 is 17.9 Å². The number of nitrogens with zero attached hydrogens (tertiary/aromatic N) is 3. The molecule has 35 heavy (non-hydrogen) atoms. The van der Waals surface area contributed by atoms with Crippen molar-refractivity contribution in [3.8, 4) is 0 Å². The number of benzene rings is 2. The first-order chi connectivity index (χ1) is 16.6. The van der Waals surface area contributed by atoms with Gasteiger partial charge in [-0.1, -0.05) is 24.3 Å². The number of aliphatic hydroxyl groups is 1. The Labute approximate surface area is 201 Å². The van der Waals surface area contributed by atoms with Gasteiger partial charge in [-0.2, -0.15) is 18.3 Å². The molecular formula is C26H27F4N3O2. The summed E-state index contributed by atoms with van der Waals surface area (Å²) in [7, 11) is 0. The monoisotopic (exact) mass is 489 g/mol. The summed E-state index contributed by atoms with van der Waals surface area (Å²) in [5, 5.41) is 14.0. The number of rotatable bonds is 6. The third-order valence-corrected chi connectivity index (χ3v) is 6.28. The van der Waals surface area contributed by atoms with E-state index in [9.17, 15) is 27.5 Å². The Bertz CT molecular complexity index is 1170. The number of halogens is 4. The van der Waals surface area contributed by atoms with Crippen LogP contribution in [0, 0.1) is 6.92 Å². The maximum atomic E-state index is 14.9. The van der Waals surface area contributed by atoms with E-state index in [-0.39, 0.29) is 24.1 Å².